The topological polar surface area (TPSA) is 3.24 Å². The van der Waals surface area contributed by atoms with Gasteiger partial charge in [0.15, 0.2) is 0 Å². The molecule has 0 aromatic rings. The summed E-state index contributed by atoms with van der Waals surface area (Å²) in [7, 11) is -0.928. The first-order valence-corrected chi connectivity index (χ1v) is 7.90. The Hall–Kier alpha value is 0.527. The van der Waals surface area contributed by atoms with Gasteiger partial charge in [0, 0.05) is 12.3 Å². The standard InChI is InChI=1S/C6H15NSSi/c1-9(2,3)7-5-4-6-8-7/h4-6H2,1-3H3. The summed E-state index contributed by atoms with van der Waals surface area (Å²) in [4.78, 5) is 0. The molecule has 1 aliphatic heterocycles. The molecule has 0 amide bonds. The minimum absolute atomic E-state index is 0.928. The van der Waals surface area contributed by atoms with Gasteiger partial charge in [-0.3, -0.25) is 3.97 Å². The predicted octanol–water partition coefficient (Wildman–Crippen LogP) is 2.18. The van der Waals surface area contributed by atoms with E-state index in [1.54, 1.807) is 0 Å². The van der Waals surface area contributed by atoms with Gasteiger partial charge < -0.3 is 0 Å². The van der Waals surface area contributed by atoms with Crippen molar-refractivity contribution in [2.75, 3.05) is 12.3 Å². The Kier molecular flexibility index (Phi) is 2.24. The summed E-state index contributed by atoms with van der Waals surface area (Å²) in [6.45, 7) is 8.56. The zero-order chi connectivity index (χ0) is 6.91. The average Bonchev–Trinajstić information content (AvgIpc) is 2.08. The summed E-state index contributed by atoms with van der Waals surface area (Å²) in [5.74, 6) is 1.35. The summed E-state index contributed by atoms with van der Waals surface area (Å²) >= 11 is 2.04. The van der Waals surface area contributed by atoms with Crippen molar-refractivity contribution in [3.8, 4) is 0 Å². The van der Waals surface area contributed by atoms with Crippen LogP contribution in [0, 0.1) is 0 Å². The van der Waals surface area contributed by atoms with Crippen molar-refractivity contribution in [1.29, 1.82) is 0 Å². The molecule has 0 N–H and O–H groups in total. The molecule has 0 aromatic heterocycles. The second kappa shape index (κ2) is 2.64. The Morgan fingerprint density at radius 2 is 2.00 bits per heavy atom. The highest BCUT2D eigenvalue weighted by Gasteiger charge is 2.26. The van der Waals surface area contributed by atoms with Crippen molar-refractivity contribution in [2.24, 2.45) is 0 Å². The smallest absolute Gasteiger partial charge is 0.131 e. The van der Waals surface area contributed by atoms with Gasteiger partial charge in [0.2, 0.25) is 0 Å². The monoisotopic (exact) mass is 161 g/mol. The van der Waals surface area contributed by atoms with Crippen LogP contribution in [-0.2, 0) is 0 Å². The predicted molar refractivity (Wildman–Crippen MR) is 47.1 cm³/mol. The first-order valence-electron chi connectivity index (χ1n) is 3.51. The van der Waals surface area contributed by atoms with E-state index < -0.39 is 8.24 Å². The number of hydrogen-bond donors (Lipinski definition) is 0. The van der Waals surface area contributed by atoms with Crippen LogP contribution >= 0.6 is 11.9 Å². The van der Waals surface area contributed by atoms with Crippen LogP contribution in [0.1, 0.15) is 6.42 Å². The lowest BCUT2D eigenvalue weighted by Crippen LogP contribution is -2.39. The van der Waals surface area contributed by atoms with Crippen LogP contribution in [0.25, 0.3) is 0 Å². The molecule has 1 aliphatic rings. The molecular formula is C6H15NSSi. The van der Waals surface area contributed by atoms with Gasteiger partial charge in [0.1, 0.15) is 8.24 Å². The van der Waals surface area contributed by atoms with Gasteiger partial charge in [-0.1, -0.05) is 31.6 Å². The molecule has 0 bridgehead atoms. The molecule has 1 rings (SSSR count). The molecule has 0 radical (unpaired) electrons. The summed E-state index contributed by atoms with van der Waals surface area (Å²) in [5.41, 5.74) is 0. The van der Waals surface area contributed by atoms with Crippen molar-refractivity contribution in [3.63, 3.8) is 0 Å². The average molecular weight is 161 g/mol. The molecule has 0 aliphatic carbocycles. The molecule has 1 fully saturated rings. The van der Waals surface area contributed by atoms with E-state index in [9.17, 15) is 0 Å². The number of rotatable bonds is 1. The van der Waals surface area contributed by atoms with Crippen molar-refractivity contribution in [1.82, 2.24) is 3.97 Å². The first-order chi connectivity index (χ1) is 4.11. The lowest BCUT2D eigenvalue weighted by molar-refractivity contribution is 0.701. The van der Waals surface area contributed by atoms with Crippen LogP contribution < -0.4 is 0 Å². The molecular weight excluding hydrogens is 146 g/mol. The van der Waals surface area contributed by atoms with Gasteiger partial charge in [-0.15, -0.1) is 0 Å². The lowest BCUT2D eigenvalue weighted by Gasteiger charge is -2.27. The molecule has 9 heavy (non-hydrogen) atoms. The molecule has 1 heterocycles. The van der Waals surface area contributed by atoms with Gasteiger partial charge in [0.25, 0.3) is 0 Å². The zero-order valence-corrected chi connectivity index (χ0v) is 8.29. The van der Waals surface area contributed by atoms with Crippen molar-refractivity contribution in [3.05, 3.63) is 0 Å². The van der Waals surface area contributed by atoms with Gasteiger partial charge in [-0.25, -0.2) is 0 Å². The van der Waals surface area contributed by atoms with Gasteiger partial charge >= 0.3 is 0 Å². The quantitative estimate of drug-likeness (QED) is 0.428. The van der Waals surface area contributed by atoms with Crippen LogP contribution in [0.3, 0.4) is 0 Å². The molecule has 1 nitrogen and oxygen atoms in total. The van der Waals surface area contributed by atoms with E-state index in [0.717, 1.165) is 0 Å². The third-order valence-corrected chi connectivity index (χ3v) is 6.22. The highest BCUT2D eigenvalue weighted by Crippen LogP contribution is 2.26. The molecule has 3 heteroatoms. The normalized spacial score (nSPS) is 23.0. The van der Waals surface area contributed by atoms with Crippen LogP contribution in [-0.4, -0.2) is 24.5 Å². The molecule has 0 atom stereocenters. The highest BCUT2D eigenvalue weighted by atomic mass is 32.2. The molecule has 0 spiro atoms. The molecule has 54 valence electrons. The van der Waals surface area contributed by atoms with E-state index in [1.807, 2.05) is 11.9 Å². The Labute approximate surface area is 63.0 Å². The second-order valence-corrected chi connectivity index (χ2v) is 9.77. The maximum absolute atomic E-state index is 2.60. The van der Waals surface area contributed by atoms with Gasteiger partial charge in [-0.2, -0.15) is 0 Å². The Morgan fingerprint density at radius 1 is 1.33 bits per heavy atom. The van der Waals surface area contributed by atoms with Crippen LogP contribution in [0.4, 0.5) is 0 Å². The molecule has 0 saturated carbocycles. The fourth-order valence-electron chi connectivity index (χ4n) is 0.977. The van der Waals surface area contributed by atoms with Gasteiger partial charge in [-0.05, 0) is 6.42 Å². The second-order valence-electron chi connectivity index (χ2n) is 3.46. The third-order valence-electron chi connectivity index (χ3n) is 1.50. The maximum Gasteiger partial charge on any atom is 0.131 e. The van der Waals surface area contributed by atoms with Crippen LogP contribution in [0.15, 0.2) is 0 Å². The fourth-order valence-corrected chi connectivity index (χ4v) is 4.37. The summed E-state index contributed by atoms with van der Waals surface area (Å²) in [6.07, 6.45) is 1.40. The Bertz CT molecular complexity index is 93.7. The van der Waals surface area contributed by atoms with E-state index in [0.29, 0.717) is 0 Å². The summed E-state index contributed by atoms with van der Waals surface area (Å²) in [6, 6.07) is 0. The van der Waals surface area contributed by atoms with E-state index in [-0.39, 0.29) is 0 Å². The Morgan fingerprint density at radius 3 is 2.22 bits per heavy atom. The number of hydrogen-bond acceptors (Lipinski definition) is 2. The van der Waals surface area contributed by atoms with E-state index in [1.165, 1.54) is 18.7 Å². The molecule has 0 aromatic carbocycles. The Balaban J connectivity index is 2.42. The zero-order valence-electron chi connectivity index (χ0n) is 6.48. The van der Waals surface area contributed by atoms with E-state index in [2.05, 4.69) is 23.6 Å². The van der Waals surface area contributed by atoms with Crippen molar-refractivity contribution < 1.29 is 0 Å². The minimum Gasteiger partial charge on any atom is -0.272 e. The third kappa shape index (κ3) is 1.99. The first kappa shape index (κ1) is 7.63. The van der Waals surface area contributed by atoms with E-state index >= 15 is 0 Å². The van der Waals surface area contributed by atoms with E-state index in [4.69, 9.17) is 0 Å². The summed E-state index contributed by atoms with van der Waals surface area (Å²) in [5, 5.41) is 0. The minimum atomic E-state index is -0.928. The number of nitrogens with zero attached hydrogens (tertiary/aromatic N) is 1. The van der Waals surface area contributed by atoms with Crippen molar-refractivity contribution in [2.45, 2.75) is 26.1 Å². The maximum atomic E-state index is 2.60. The van der Waals surface area contributed by atoms with Crippen molar-refractivity contribution >= 4 is 20.2 Å². The lowest BCUT2D eigenvalue weighted by atomic mass is 10.5. The fraction of sp³-hybridized carbons (Fsp3) is 1.00. The molecule has 0 unspecified atom stereocenters. The van der Waals surface area contributed by atoms with Crippen LogP contribution in [0.5, 0.6) is 0 Å². The van der Waals surface area contributed by atoms with Crippen LogP contribution in [0.2, 0.25) is 19.6 Å². The SMILES string of the molecule is C[Si](C)(C)N1CCCS1. The highest BCUT2D eigenvalue weighted by molar-refractivity contribution is 7.98. The largest absolute Gasteiger partial charge is 0.272 e. The van der Waals surface area contributed by atoms with Gasteiger partial charge in [0.05, 0.1) is 0 Å². The molecule has 1 saturated heterocycles. The summed E-state index contributed by atoms with van der Waals surface area (Å²) < 4.78 is 2.60.